The second-order valence-corrected chi connectivity index (χ2v) is 7.27. The number of carboxylic acids is 1. The Labute approximate surface area is 165 Å². The lowest BCUT2D eigenvalue weighted by molar-refractivity contribution is -0.139. The second-order valence-electron chi connectivity index (χ2n) is 7.27. The van der Waals surface area contributed by atoms with E-state index >= 15 is 0 Å². The highest BCUT2D eigenvalue weighted by atomic mass is 19.4. The predicted octanol–water partition coefficient (Wildman–Crippen LogP) is 5.23. The van der Waals surface area contributed by atoms with Gasteiger partial charge in [0, 0.05) is 17.5 Å². The van der Waals surface area contributed by atoms with Crippen LogP contribution in [0.1, 0.15) is 37.3 Å². The Bertz CT molecular complexity index is 956. The van der Waals surface area contributed by atoms with E-state index < -0.39 is 23.6 Å². The van der Waals surface area contributed by atoms with Crippen molar-refractivity contribution in [2.75, 3.05) is 0 Å². The molecule has 4 unspecified atom stereocenters. The average Bonchev–Trinajstić information content (AvgIpc) is 3.25. The van der Waals surface area contributed by atoms with Crippen LogP contribution in [0, 0.1) is 5.92 Å². The van der Waals surface area contributed by atoms with Crippen molar-refractivity contribution in [1.29, 1.82) is 0 Å². The number of ether oxygens (including phenoxy) is 3. The fourth-order valence-corrected chi connectivity index (χ4v) is 3.48. The monoisotopic (exact) mass is 408 g/mol. The maximum absolute atomic E-state index is 13.1. The molecule has 1 aliphatic heterocycles. The Morgan fingerprint density at radius 1 is 1.21 bits per heavy atom. The highest BCUT2D eigenvalue weighted by molar-refractivity contribution is 5.79. The van der Waals surface area contributed by atoms with Gasteiger partial charge in [-0.15, -0.1) is 0 Å². The van der Waals surface area contributed by atoms with Crippen LogP contribution in [-0.4, -0.2) is 23.3 Å². The number of hydrogen-bond donors (Lipinski definition) is 1. The summed E-state index contributed by atoms with van der Waals surface area (Å²) in [5, 5.41) is 9.14. The van der Waals surface area contributed by atoms with E-state index in [1.165, 1.54) is 6.07 Å². The summed E-state index contributed by atoms with van der Waals surface area (Å²) in [4.78, 5) is 11.1. The molecule has 0 bridgehead atoms. The number of carbonyl (C=O) groups is 1. The molecule has 0 radical (unpaired) electrons. The Morgan fingerprint density at radius 3 is 2.62 bits per heavy atom. The molecular formula is C21H19F3O5. The standard InChI is InChI=1S/C21H19F3O5/c1-3-10(2)27-16-8-11(21(22,23)24)4-7-14(16)28-12-5-6-13-15(9-12)29-19-17(13)18(19)20(25)26/h4-10,17-19H,3H2,1-2H3,(H,25,26). The van der Waals surface area contributed by atoms with Gasteiger partial charge in [0.2, 0.25) is 0 Å². The molecule has 2 aliphatic rings. The molecule has 154 valence electrons. The molecule has 5 nitrogen and oxygen atoms in total. The fourth-order valence-electron chi connectivity index (χ4n) is 3.48. The molecule has 0 aromatic heterocycles. The van der Waals surface area contributed by atoms with Crippen LogP contribution in [0.4, 0.5) is 13.2 Å². The normalized spacial score (nSPS) is 22.9. The van der Waals surface area contributed by atoms with Crippen molar-refractivity contribution >= 4 is 5.97 Å². The smallest absolute Gasteiger partial charge is 0.416 e. The predicted molar refractivity (Wildman–Crippen MR) is 96.6 cm³/mol. The molecule has 1 aliphatic carbocycles. The molecule has 0 spiro atoms. The third kappa shape index (κ3) is 3.59. The quantitative estimate of drug-likeness (QED) is 0.709. The summed E-state index contributed by atoms with van der Waals surface area (Å²) in [6, 6.07) is 8.09. The first-order valence-corrected chi connectivity index (χ1v) is 9.28. The minimum Gasteiger partial charge on any atom is -0.488 e. The van der Waals surface area contributed by atoms with Gasteiger partial charge in [-0.25, -0.2) is 0 Å². The lowest BCUT2D eigenvalue weighted by Gasteiger charge is -2.18. The van der Waals surface area contributed by atoms with Crippen molar-refractivity contribution < 1.29 is 37.3 Å². The summed E-state index contributed by atoms with van der Waals surface area (Å²) in [6.45, 7) is 3.63. The number of fused-ring (bicyclic) bond motifs is 3. The molecule has 2 aromatic rings. The molecule has 1 heterocycles. The molecule has 2 aromatic carbocycles. The third-order valence-electron chi connectivity index (χ3n) is 5.25. The van der Waals surface area contributed by atoms with E-state index in [1.807, 2.05) is 6.92 Å². The number of alkyl halides is 3. The summed E-state index contributed by atoms with van der Waals surface area (Å²) in [5.74, 6) is -0.514. The number of hydrogen-bond acceptors (Lipinski definition) is 4. The van der Waals surface area contributed by atoms with Gasteiger partial charge in [-0.3, -0.25) is 4.79 Å². The van der Waals surface area contributed by atoms with Gasteiger partial charge in [0.05, 0.1) is 11.7 Å². The van der Waals surface area contributed by atoms with Gasteiger partial charge < -0.3 is 19.3 Å². The van der Waals surface area contributed by atoms with E-state index in [1.54, 1.807) is 25.1 Å². The van der Waals surface area contributed by atoms with Crippen molar-refractivity contribution in [3.8, 4) is 23.0 Å². The van der Waals surface area contributed by atoms with Crippen molar-refractivity contribution in [2.24, 2.45) is 5.92 Å². The Kier molecular flexibility index (Phi) is 4.59. The van der Waals surface area contributed by atoms with Crippen molar-refractivity contribution in [1.82, 2.24) is 0 Å². The largest absolute Gasteiger partial charge is 0.488 e. The van der Waals surface area contributed by atoms with Crippen LogP contribution in [0.25, 0.3) is 0 Å². The maximum atomic E-state index is 13.1. The van der Waals surface area contributed by atoms with E-state index in [9.17, 15) is 18.0 Å². The van der Waals surface area contributed by atoms with Crippen LogP contribution in [0.3, 0.4) is 0 Å². The summed E-state index contributed by atoms with van der Waals surface area (Å²) >= 11 is 0. The SMILES string of the molecule is CCC(C)Oc1cc(C(F)(F)F)ccc1Oc1ccc2c(c1)OC1C(C(=O)O)C21. The van der Waals surface area contributed by atoms with E-state index in [2.05, 4.69) is 0 Å². The number of rotatable bonds is 6. The van der Waals surface area contributed by atoms with Gasteiger partial charge in [-0.05, 0) is 37.6 Å². The van der Waals surface area contributed by atoms with Crippen LogP contribution in [-0.2, 0) is 11.0 Å². The minimum atomic E-state index is -4.49. The Morgan fingerprint density at radius 2 is 1.97 bits per heavy atom. The van der Waals surface area contributed by atoms with Gasteiger partial charge >= 0.3 is 12.1 Å². The zero-order chi connectivity index (χ0) is 20.9. The van der Waals surface area contributed by atoms with E-state index in [-0.39, 0.29) is 29.6 Å². The maximum Gasteiger partial charge on any atom is 0.416 e. The molecule has 8 heteroatoms. The lowest BCUT2D eigenvalue weighted by atomic mass is 10.1. The van der Waals surface area contributed by atoms with Crippen LogP contribution in [0.15, 0.2) is 36.4 Å². The molecule has 4 rings (SSSR count). The fraction of sp³-hybridized carbons (Fsp3) is 0.381. The number of halogens is 3. The van der Waals surface area contributed by atoms with Crippen molar-refractivity contribution in [3.05, 3.63) is 47.5 Å². The molecule has 1 N–H and O–H groups in total. The summed E-state index contributed by atoms with van der Waals surface area (Å²) in [5.41, 5.74) is -0.0153. The second kappa shape index (κ2) is 6.86. The van der Waals surface area contributed by atoms with E-state index in [0.29, 0.717) is 17.9 Å². The van der Waals surface area contributed by atoms with Gasteiger partial charge in [-0.1, -0.05) is 13.0 Å². The first-order valence-electron chi connectivity index (χ1n) is 9.28. The molecule has 29 heavy (non-hydrogen) atoms. The van der Waals surface area contributed by atoms with Crippen LogP contribution >= 0.6 is 0 Å². The molecule has 0 amide bonds. The highest BCUT2D eigenvalue weighted by Crippen LogP contribution is 2.59. The lowest BCUT2D eigenvalue weighted by Crippen LogP contribution is -2.12. The average molecular weight is 408 g/mol. The van der Waals surface area contributed by atoms with Crippen LogP contribution in [0.2, 0.25) is 0 Å². The Balaban J connectivity index is 1.59. The van der Waals surface area contributed by atoms with Crippen LogP contribution < -0.4 is 14.2 Å². The van der Waals surface area contributed by atoms with Gasteiger partial charge in [0.15, 0.2) is 11.5 Å². The number of aliphatic carboxylic acids is 1. The molecular weight excluding hydrogens is 389 g/mol. The summed E-state index contributed by atoms with van der Waals surface area (Å²) in [7, 11) is 0. The summed E-state index contributed by atoms with van der Waals surface area (Å²) in [6.07, 6.45) is -4.53. The van der Waals surface area contributed by atoms with E-state index in [0.717, 1.165) is 17.7 Å². The highest BCUT2D eigenvalue weighted by Gasteiger charge is 2.63. The number of benzene rings is 2. The Hall–Kier alpha value is -2.90. The molecule has 4 atom stereocenters. The first-order chi connectivity index (χ1) is 13.7. The molecule has 0 saturated heterocycles. The minimum absolute atomic E-state index is 0.00406. The zero-order valence-corrected chi connectivity index (χ0v) is 15.7. The topological polar surface area (TPSA) is 65.0 Å². The van der Waals surface area contributed by atoms with Gasteiger partial charge in [0.25, 0.3) is 0 Å². The first kappa shape index (κ1) is 19.4. The van der Waals surface area contributed by atoms with Gasteiger partial charge in [0.1, 0.15) is 23.5 Å². The van der Waals surface area contributed by atoms with Crippen molar-refractivity contribution in [2.45, 2.75) is 44.6 Å². The third-order valence-corrected chi connectivity index (χ3v) is 5.25. The number of carboxylic acid groups (broad SMARTS) is 1. The zero-order valence-electron chi connectivity index (χ0n) is 15.7. The van der Waals surface area contributed by atoms with E-state index in [4.69, 9.17) is 19.3 Å². The van der Waals surface area contributed by atoms with Gasteiger partial charge in [-0.2, -0.15) is 13.2 Å². The summed E-state index contributed by atoms with van der Waals surface area (Å²) < 4.78 is 56.3. The van der Waals surface area contributed by atoms with Crippen LogP contribution in [0.5, 0.6) is 23.0 Å². The molecule has 1 saturated carbocycles. The van der Waals surface area contributed by atoms with Crippen molar-refractivity contribution in [3.63, 3.8) is 0 Å². The molecule has 1 fully saturated rings.